The van der Waals surface area contributed by atoms with Crippen LogP contribution in [-0.4, -0.2) is 0 Å². The van der Waals surface area contributed by atoms with Crippen LogP contribution in [0.15, 0.2) is 267 Å². The Hall–Kier alpha value is -8.78. The average molecular weight is 878 g/mol. The predicted octanol–water partition coefficient (Wildman–Crippen LogP) is 18.6. The van der Waals surface area contributed by atoms with Gasteiger partial charge in [0.05, 0.1) is 5.69 Å². The Balaban J connectivity index is 0.997. The number of hydrogen-bond acceptors (Lipinski definition) is 1. The Morgan fingerprint density at radius 1 is 0.290 bits per heavy atom. The van der Waals surface area contributed by atoms with E-state index in [0.717, 1.165) is 17.1 Å². The van der Waals surface area contributed by atoms with E-state index in [9.17, 15) is 0 Å². The Labute approximate surface area is 403 Å². The predicted molar refractivity (Wildman–Crippen MR) is 293 cm³/mol. The van der Waals surface area contributed by atoms with Crippen LogP contribution in [0.2, 0.25) is 0 Å². The van der Waals surface area contributed by atoms with Crippen LogP contribution >= 0.6 is 0 Å². The van der Waals surface area contributed by atoms with Gasteiger partial charge >= 0.3 is 0 Å². The molecular formula is C68H47N. The largest absolute Gasteiger partial charge is 0.310 e. The normalized spacial score (nSPS) is 13.9. The standard InChI is InChI=1S/C68H47N/c1-68(54-26-9-4-10-27-54)62-32-16-15-31-60(62)67-63(68)33-18-34-64(67)69(56-28-17-25-51(44-56)52-36-35-46-19-11-12-24-50(46)43-52)55-40-37-47(38-41-55)53-39-42-58-57-29-13-14-30-59(57)65(48-20-5-2-6-21-48)66(61(58)45-53)49-22-7-3-8-23-49/h2-45H,1H3. The molecule has 1 heteroatoms. The maximum absolute atomic E-state index is 2.48. The van der Waals surface area contributed by atoms with E-state index in [1.54, 1.807) is 0 Å². The second kappa shape index (κ2) is 16.5. The van der Waals surface area contributed by atoms with Gasteiger partial charge in [0.15, 0.2) is 0 Å². The first-order valence-corrected chi connectivity index (χ1v) is 24.0. The molecule has 0 fully saturated rings. The van der Waals surface area contributed by atoms with Crippen molar-refractivity contribution in [3.8, 4) is 55.6 Å². The van der Waals surface area contributed by atoms with Crippen LogP contribution in [0.1, 0.15) is 23.6 Å². The van der Waals surface area contributed by atoms with Gasteiger partial charge in [-0.05, 0) is 148 Å². The van der Waals surface area contributed by atoms with Crippen molar-refractivity contribution < 1.29 is 0 Å². The van der Waals surface area contributed by atoms with Crippen molar-refractivity contribution >= 4 is 49.4 Å². The fourth-order valence-corrected chi connectivity index (χ4v) is 11.4. The molecule has 0 aromatic heterocycles. The number of fused-ring (bicyclic) bond motifs is 7. The SMILES string of the molecule is CC1(c2ccccc2)c2ccccc2-c2c(N(c3ccc(-c4ccc5c(c4)c(-c4ccccc4)c(-c4ccccc4)c4ccccc45)cc3)c3cccc(-c4ccc5ccccc5c4)c3)cccc21. The maximum atomic E-state index is 2.48. The zero-order valence-electron chi connectivity index (χ0n) is 38.4. The van der Waals surface area contributed by atoms with Gasteiger partial charge in [0.25, 0.3) is 0 Å². The second-order valence-corrected chi connectivity index (χ2v) is 18.5. The molecule has 0 amide bonds. The molecule has 12 aromatic rings. The van der Waals surface area contributed by atoms with E-state index >= 15 is 0 Å². The number of anilines is 3. The van der Waals surface area contributed by atoms with Crippen molar-refractivity contribution in [1.82, 2.24) is 0 Å². The van der Waals surface area contributed by atoms with Gasteiger partial charge < -0.3 is 4.90 Å². The first-order chi connectivity index (χ1) is 34.1. The lowest BCUT2D eigenvalue weighted by molar-refractivity contribution is 0.714. The zero-order chi connectivity index (χ0) is 45.9. The van der Waals surface area contributed by atoms with E-state index in [4.69, 9.17) is 0 Å². The van der Waals surface area contributed by atoms with Crippen molar-refractivity contribution in [3.05, 3.63) is 284 Å². The Bertz CT molecular complexity index is 3890. The van der Waals surface area contributed by atoms with Crippen LogP contribution in [0.3, 0.4) is 0 Å². The van der Waals surface area contributed by atoms with Gasteiger partial charge in [-0.3, -0.25) is 0 Å². The number of nitrogens with zero attached hydrogens (tertiary/aromatic N) is 1. The summed E-state index contributed by atoms with van der Waals surface area (Å²) in [5.41, 5.74) is 19.2. The van der Waals surface area contributed by atoms with Crippen molar-refractivity contribution in [3.63, 3.8) is 0 Å². The molecule has 0 saturated carbocycles. The molecule has 0 N–H and O–H groups in total. The molecule has 324 valence electrons. The van der Waals surface area contributed by atoms with Crippen LogP contribution in [0, 0.1) is 0 Å². The Morgan fingerprint density at radius 3 is 1.59 bits per heavy atom. The summed E-state index contributed by atoms with van der Waals surface area (Å²) in [6, 6.07) is 98.4. The summed E-state index contributed by atoms with van der Waals surface area (Å²) in [6.07, 6.45) is 0. The van der Waals surface area contributed by atoms with Crippen molar-refractivity contribution in [2.24, 2.45) is 0 Å². The zero-order valence-corrected chi connectivity index (χ0v) is 38.4. The third-order valence-electron chi connectivity index (χ3n) is 14.7. The molecule has 1 aliphatic carbocycles. The molecule has 1 nitrogen and oxygen atoms in total. The minimum Gasteiger partial charge on any atom is -0.310 e. The molecule has 1 atom stereocenters. The molecule has 0 saturated heterocycles. The molecule has 12 aromatic carbocycles. The molecule has 0 aliphatic heterocycles. The highest BCUT2D eigenvalue weighted by atomic mass is 15.1. The van der Waals surface area contributed by atoms with Gasteiger partial charge in [0, 0.05) is 22.4 Å². The van der Waals surface area contributed by atoms with Crippen LogP contribution in [0.4, 0.5) is 17.1 Å². The summed E-state index contributed by atoms with van der Waals surface area (Å²) < 4.78 is 0. The summed E-state index contributed by atoms with van der Waals surface area (Å²) in [7, 11) is 0. The summed E-state index contributed by atoms with van der Waals surface area (Å²) in [4.78, 5) is 2.48. The van der Waals surface area contributed by atoms with Crippen LogP contribution < -0.4 is 4.90 Å². The van der Waals surface area contributed by atoms with E-state index in [1.807, 2.05) is 0 Å². The van der Waals surface area contributed by atoms with Crippen molar-refractivity contribution in [1.29, 1.82) is 0 Å². The van der Waals surface area contributed by atoms with Crippen molar-refractivity contribution in [2.75, 3.05) is 4.90 Å². The molecule has 0 bridgehead atoms. The van der Waals surface area contributed by atoms with Gasteiger partial charge in [-0.25, -0.2) is 0 Å². The molecule has 0 heterocycles. The van der Waals surface area contributed by atoms with E-state index < -0.39 is 0 Å². The van der Waals surface area contributed by atoms with Crippen LogP contribution in [0.5, 0.6) is 0 Å². The summed E-state index contributed by atoms with van der Waals surface area (Å²) in [5, 5.41) is 7.49. The number of rotatable bonds is 8. The monoisotopic (exact) mass is 877 g/mol. The van der Waals surface area contributed by atoms with Gasteiger partial charge in [0.1, 0.15) is 0 Å². The highest BCUT2D eigenvalue weighted by Crippen LogP contribution is 2.57. The number of hydrogen-bond donors (Lipinski definition) is 0. The molecule has 69 heavy (non-hydrogen) atoms. The molecule has 1 unspecified atom stereocenters. The Kier molecular flexibility index (Phi) is 9.70. The van der Waals surface area contributed by atoms with Gasteiger partial charge in [0.2, 0.25) is 0 Å². The van der Waals surface area contributed by atoms with E-state index in [1.165, 1.54) is 105 Å². The minimum atomic E-state index is -0.327. The van der Waals surface area contributed by atoms with Gasteiger partial charge in [-0.2, -0.15) is 0 Å². The lowest BCUT2D eigenvalue weighted by atomic mass is 9.74. The summed E-state index contributed by atoms with van der Waals surface area (Å²) >= 11 is 0. The van der Waals surface area contributed by atoms with E-state index in [2.05, 4.69) is 279 Å². The van der Waals surface area contributed by atoms with Gasteiger partial charge in [-0.15, -0.1) is 0 Å². The first kappa shape index (κ1) is 40.5. The van der Waals surface area contributed by atoms with Gasteiger partial charge in [-0.1, -0.05) is 224 Å². The molecule has 1 aliphatic rings. The molecular weight excluding hydrogens is 831 g/mol. The maximum Gasteiger partial charge on any atom is 0.0543 e. The summed E-state index contributed by atoms with van der Waals surface area (Å²) in [5.74, 6) is 0. The highest BCUT2D eigenvalue weighted by Gasteiger charge is 2.42. The average Bonchev–Trinajstić information content (AvgIpc) is 3.70. The smallest absolute Gasteiger partial charge is 0.0543 e. The first-order valence-electron chi connectivity index (χ1n) is 24.0. The lowest BCUT2D eigenvalue weighted by Crippen LogP contribution is -2.22. The minimum absolute atomic E-state index is 0.327. The molecule has 0 spiro atoms. The highest BCUT2D eigenvalue weighted by molar-refractivity contribution is 6.22. The lowest BCUT2D eigenvalue weighted by Gasteiger charge is -2.31. The quantitative estimate of drug-likeness (QED) is 0.138. The fraction of sp³-hybridized carbons (Fsp3) is 0.0294. The topological polar surface area (TPSA) is 3.24 Å². The molecule has 0 radical (unpaired) electrons. The second-order valence-electron chi connectivity index (χ2n) is 18.5. The van der Waals surface area contributed by atoms with E-state index in [0.29, 0.717) is 0 Å². The van der Waals surface area contributed by atoms with Crippen LogP contribution in [0.25, 0.3) is 88.0 Å². The van der Waals surface area contributed by atoms with Crippen LogP contribution in [-0.2, 0) is 5.41 Å². The molecule has 13 rings (SSSR count). The third-order valence-corrected chi connectivity index (χ3v) is 14.7. The third kappa shape index (κ3) is 6.69. The number of benzene rings is 12. The summed E-state index contributed by atoms with van der Waals surface area (Å²) in [6.45, 7) is 2.40. The Morgan fingerprint density at radius 2 is 0.826 bits per heavy atom. The fourth-order valence-electron chi connectivity index (χ4n) is 11.4. The van der Waals surface area contributed by atoms with Crippen molar-refractivity contribution in [2.45, 2.75) is 12.3 Å². The van der Waals surface area contributed by atoms with E-state index in [-0.39, 0.29) is 5.41 Å².